The van der Waals surface area contributed by atoms with Crippen LogP contribution >= 0.6 is 11.6 Å². The van der Waals surface area contributed by atoms with Crippen LogP contribution in [0.4, 0.5) is 10.1 Å². The number of hydrogen-bond donors (Lipinski definition) is 2. The summed E-state index contributed by atoms with van der Waals surface area (Å²) in [5.74, 6) is -0.133. The van der Waals surface area contributed by atoms with Crippen molar-refractivity contribution in [2.45, 2.75) is 19.9 Å². The summed E-state index contributed by atoms with van der Waals surface area (Å²) in [7, 11) is 0. The van der Waals surface area contributed by atoms with Crippen molar-refractivity contribution in [1.29, 1.82) is 0 Å². The summed E-state index contributed by atoms with van der Waals surface area (Å²) in [5.41, 5.74) is 8.76. The fraction of sp³-hybridized carbons (Fsp3) is 0.188. The fourth-order valence-corrected chi connectivity index (χ4v) is 2.03. The Labute approximate surface area is 128 Å². The van der Waals surface area contributed by atoms with E-state index in [-0.39, 0.29) is 5.02 Å². The van der Waals surface area contributed by atoms with Crippen LogP contribution in [0.2, 0.25) is 5.02 Å². The zero-order chi connectivity index (χ0) is 15.2. The van der Waals surface area contributed by atoms with E-state index in [1.165, 1.54) is 11.6 Å². The van der Waals surface area contributed by atoms with Crippen molar-refractivity contribution in [3.8, 4) is 0 Å². The van der Waals surface area contributed by atoms with Gasteiger partial charge in [-0.05, 0) is 41.8 Å². The summed E-state index contributed by atoms with van der Waals surface area (Å²) < 4.78 is 13.0. The first-order valence-electron chi connectivity index (χ1n) is 6.68. The second-order valence-corrected chi connectivity index (χ2v) is 5.03. The molecule has 21 heavy (non-hydrogen) atoms. The van der Waals surface area contributed by atoms with E-state index in [1.54, 1.807) is 12.1 Å². The number of benzene rings is 2. The van der Waals surface area contributed by atoms with Gasteiger partial charge < -0.3 is 11.1 Å². The number of nitrogens with two attached hydrogens (primary N) is 1. The second kappa shape index (κ2) is 7.09. The predicted octanol–water partition coefficient (Wildman–Crippen LogP) is 3.97. The number of nitrogens with zero attached hydrogens (tertiary/aromatic N) is 1. The molecule has 0 aliphatic heterocycles. The molecule has 2 rings (SSSR count). The molecule has 2 aromatic rings. The Morgan fingerprint density at radius 2 is 1.86 bits per heavy atom. The van der Waals surface area contributed by atoms with E-state index in [1.807, 2.05) is 24.3 Å². The summed E-state index contributed by atoms with van der Waals surface area (Å²) in [5, 5.41) is 3.10. The minimum Gasteiger partial charge on any atom is -0.370 e. The minimum absolute atomic E-state index is 0.0874. The molecule has 0 bridgehead atoms. The summed E-state index contributed by atoms with van der Waals surface area (Å²) >= 11 is 5.72. The lowest BCUT2D eigenvalue weighted by Gasteiger charge is -2.06. The second-order valence-electron chi connectivity index (χ2n) is 4.63. The van der Waals surface area contributed by atoms with Gasteiger partial charge in [0.15, 0.2) is 5.96 Å². The van der Waals surface area contributed by atoms with Gasteiger partial charge in [0, 0.05) is 5.69 Å². The van der Waals surface area contributed by atoms with Gasteiger partial charge in [0.25, 0.3) is 0 Å². The maximum absolute atomic E-state index is 13.0. The average molecular weight is 306 g/mol. The topological polar surface area (TPSA) is 50.4 Å². The van der Waals surface area contributed by atoms with Crippen LogP contribution in [-0.2, 0) is 13.0 Å². The van der Waals surface area contributed by atoms with Gasteiger partial charge in [-0.25, -0.2) is 9.38 Å². The summed E-state index contributed by atoms with van der Waals surface area (Å²) in [6.07, 6.45) is 0.995. The maximum Gasteiger partial charge on any atom is 0.193 e. The first-order valence-corrected chi connectivity index (χ1v) is 7.06. The number of guanidine groups is 1. The number of hydrogen-bond acceptors (Lipinski definition) is 1. The highest BCUT2D eigenvalue weighted by Gasteiger charge is 2.01. The molecule has 5 heteroatoms. The molecule has 0 fully saturated rings. The van der Waals surface area contributed by atoms with Crippen molar-refractivity contribution in [3.63, 3.8) is 0 Å². The molecule has 0 aromatic heterocycles. The van der Waals surface area contributed by atoms with Crippen molar-refractivity contribution in [3.05, 3.63) is 64.4 Å². The van der Waals surface area contributed by atoms with Crippen LogP contribution in [0.15, 0.2) is 47.5 Å². The third kappa shape index (κ3) is 4.46. The summed E-state index contributed by atoms with van der Waals surface area (Å²) in [4.78, 5) is 4.21. The van der Waals surface area contributed by atoms with Crippen LogP contribution in [0.1, 0.15) is 18.1 Å². The van der Waals surface area contributed by atoms with E-state index in [2.05, 4.69) is 17.2 Å². The Hall–Kier alpha value is -2.07. The molecule has 0 aliphatic carbocycles. The summed E-state index contributed by atoms with van der Waals surface area (Å²) in [6, 6.07) is 12.5. The Balaban J connectivity index is 1.98. The lowest BCUT2D eigenvalue weighted by atomic mass is 10.1. The van der Waals surface area contributed by atoms with E-state index in [0.717, 1.165) is 17.7 Å². The number of nitrogens with one attached hydrogen (secondary N) is 1. The fourth-order valence-electron chi connectivity index (χ4n) is 1.83. The molecule has 0 aliphatic rings. The lowest BCUT2D eigenvalue weighted by Crippen LogP contribution is -2.22. The molecule has 0 spiro atoms. The van der Waals surface area contributed by atoms with Crippen LogP contribution in [0, 0.1) is 5.82 Å². The molecule has 0 radical (unpaired) electrons. The zero-order valence-corrected chi connectivity index (χ0v) is 12.5. The molecule has 3 nitrogen and oxygen atoms in total. The van der Waals surface area contributed by atoms with Gasteiger partial charge in [0.05, 0.1) is 11.6 Å². The van der Waals surface area contributed by atoms with Gasteiger partial charge >= 0.3 is 0 Å². The molecule has 2 aromatic carbocycles. The molecule has 0 saturated heterocycles. The van der Waals surface area contributed by atoms with Gasteiger partial charge in [-0.15, -0.1) is 0 Å². The number of rotatable bonds is 4. The molecule has 0 heterocycles. The molecule has 110 valence electrons. The zero-order valence-electron chi connectivity index (χ0n) is 11.7. The SMILES string of the molecule is CCc1ccc(NC(N)=NCc2ccc(F)c(Cl)c2)cc1. The van der Waals surface area contributed by atoms with E-state index in [4.69, 9.17) is 17.3 Å². The van der Waals surface area contributed by atoms with E-state index < -0.39 is 5.82 Å². The average Bonchev–Trinajstić information content (AvgIpc) is 2.49. The molecular weight excluding hydrogens is 289 g/mol. The van der Waals surface area contributed by atoms with Crippen molar-refractivity contribution in [2.24, 2.45) is 10.7 Å². The van der Waals surface area contributed by atoms with Crippen LogP contribution in [0.25, 0.3) is 0 Å². The van der Waals surface area contributed by atoms with Crippen LogP contribution in [0.3, 0.4) is 0 Å². The van der Waals surface area contributed by atoms with Gasteiger partial charge in [0.1, 0.15) is 5.82 Å². The number of aliphatic imine (C=N–C) groups is 1. The monoisotopic (exact) mass is 305 g/mol. The highest BCUT2D eigenvalue weighted by Crippen LogP contribution is 2.16. The van der Waals surface area contributed by atoms with Crippen molar-refractivity contribution >= 4 is 23.2 Å². The first-order chi connectivity index (χ1) is 10.1. The van der Waals surface area contributed by atoms with Gasteiger partial charge in [-0.3, -0.25) is 0 Å². The van der Waals surface area contributed by atoms with Crippen LogP contribution < -0.4 is 11.1 Å². The van der Waals surface area contributed by atoms with Gasteiger partial charge in [-0.1, -0.05) is 36.7 Å². The molecule has 0 saturated carbocycles. The molecule has 0 amide bonds. The molecular formula is C16H17ClFN3. The number of anilines is 1. The molecule has 0 unspecified atom stereocenters. The van der Waals surface area contributed by atoms with Crippen LogP contribution in [-0.4, -0.2) is 5.96 Å². The Morgan fingerprint density at radius 3 is 2.48 bits per heavy atom. The third-order valence-corrected chi connectivity index (χ3v) is 3.34. The standard InChI is InChI=1S/C16H17ClFN3/c1-2-11-3-6-13(7-4-11)21-16(19)20-10-12-5-8-15(18)14(17)9-12/h3-9H,2,10H2,1H3,(H3,19,20,21). The largest absolute Gasteiger partial charge is 0.370 e. The summed E-state index contributed by atoms with van der Waals surface area (Å²) in [6.45, 7) is 2.44. The van der Waals surface area contributed by atoms with Crippen LogP contribution in [0.5, 0.6) is 0 Å². The number of aryl methyl sites for hydroxylation is 1. The normalized spacial score (nSPS) is 11.5. The van der Waals surface area contributed by atoms with Gasteiger partial charge in [0.2, 0.25) is 0 Å². The molecule has 0 atom stereocenters. The Morgan fingerprint density at radius 1 is 1.19 bits per heavy atom. The Bertz CT molecular complexity index is 638. The van der Waals surface area contributed by atoms with E-state index in [0.29, 0.717) is 12.5 Å². The van der Waals surface area contributed by atoms with E-state index >= 15 is 0 Å². The number of halogens is 2. The third-order valence-electron chi connectivity index (χ3n) is 3.05. The minimum atomic E-state index is -0.438. The van der Waals surface area contributed by atoms with Crippen molar-refractivity contribution in [2.75, 3.05) is 5.32 Å². The highest BCUT2D eigenvalue weighted by atomic mass is 35.5. The van der Waals surface area contributed by atoms with Crippen molar-refractivity contribution < 1.29 is 4.39 Å². The van der Waals surface area contributed by atoms with E-state index in [9.17, 15) is 4.39 Å². The van der Waals surface area contributed by atoms with Gasteiger partial charge in [-0.2, -0.15) is 0 Å². The lowest BCUT2D eigenvalue weighted by molar-refractivity contribution is 0.627. The molecule has 3 N–H and O–H groups in total. The quantitative estimate of drug-likeness (QED) is 0.663. The Kier molecular flexibility index (Phi) is 5.17. The van der Waals surface area contributed by atoms with Crippen molar-refractivity contribution in [1.82, 2.24) is 0 Å². The smallest absolute Gasteiger partial charge is 0.193 e. The maximum atomic E-state index is 13.0. The predicted molar refractivity (Wildman–Crippen MR) is 86.2 cm³/mol. The highest BCUT2D eigenvalue weighted by molar-refractivity contribution is 6.30. The first kappa shape index (κ1) is 15.3.